The van der Waals surface area contributed by atoms with Gasteiger partial charge in [-0.15, -0.1) is 0 Å². The van der Waals surface area contributed by atoms with Gasteiger partial charge in [0.1, 0.15) is 17.0 Å². The number of fused-ring (bicyclic) bond motifs is 2. The monoisotopic (exact) mass is 445 g/mol. The van der Waals surface area contributed by atoms with Crippen LogP contribution in [0.1, 0.15) is 48.5 Å². The van der Waals surface area contributed by atoms with Crippen LogP contribution in [0.4, 0.5) is 5.82 Å². The second kappa shape index (κ2) is 7.84. The Labute approximate surface area is 191 Å². The van der Waals surface area contributed by atoms with Crippen molar-refractivity contribution in [2.75, 3.05) is 19.5 Å². The van der Waals surface area contributed by atoms with Crippen molar-refractivity contribution in [2.45, 2.75) is 50.3 Å². The molecule has 2 aliphatic rings. The summed E-state index contributed by atoms with van der Waals surface area (Å²) in [7, 11) is 3.61. The number of nitrogens with zero attached hydrogens (tertiary/aromatic N) is 5. The van der Waals surface area contributed by atoms with E-state index in [2.05, 4.69) is 37.5 Å². The number of ether oxygens (including phenoxy) is 1. The SMILES string of the molecule is CNc1cc(-c2cn([C@H]3C[C@@H](OC)C3)c3ncccc23)nc2c(C(=O)NC3CCC3)cnn12. The zero-order chi connectivity index (χ0) is 22.5. The fraction of sp³-hybridized carbons (Fsp3) is 0.417. The van der Waals surface area contributed by atoms with Crippen molar-refractivity contribution in [1.29, 1.82) is 0 Å². The van der Waals surface area contributed by atoms with Gasteiger partial charge in [0.05, 0.1) is 18.0 Å². The van der Waals surface area contributed by atoms with E-state index in [9.17, 15) is 4.79 Å². The molecule has 0 atom stereocenters. The number of hydrogen-bond acceptors (Lipinski definition) is 6. The van der Waals surface area contributed by atoms with Crippen molar-refractivity contribution in [1.82, 2.24) is 29.5 Å². The molecular formula is C24H27N7O2. The highest BCUT2D eigenvalue weighted by Gasteiger charge is 2.32. The number of amides is 1. The van der Waals surface area contributed by atoms with Crippen molar-refractivity contribution < 1.29 is 9.53 Å². The maximum absolute atomic E-state index is 12.9. The third-order valence-electron chi connectivity index (χ3n) is 7.08. The van der Waals surface area contributed by atoms with Crippen LogP contribution in [0.5, 0.6) is 0 Å². The average Bonchev–Trinajstić information content (AvgIpc) is 3.37. The molecule has 0 bridgehead atoms. The zero-order valence-corrected chi connectivity index (χ0v) is 18.8. The highest BCUT2D eigenvalue weighted by atomic mass is 16.5. The Balaban J connectivity index is 1.46. The minimum absolute atomic E-state index is 0.120. The van der Waals surface area contributed by atoms with Gasteiger partial charge in [0.15, 0.2) is 5.65 Å². The van der Waals surface area contributed by atoms with Crippen LogP contribution >= 0.6 is 0 Å². The number of pyridine rings is 1. The number of rotatable bonds is 6. The predicted molar refractivity (Wildman–Crippen MR) is 125 cm³/mol. The first-order valence-electron chi connectivity index (χ1n) is 11.5. The largest absolute Gasteiger partial charge is 0.381 e. The summed E-state index contributed by atoms with van der Waals surface area (Å²) in [4.78, 5) is 22.5. The van der Waals surface area contributed by atoms with Crippen LogP contribution in [0, 0.1) is 0 Å². The van der Waals surface area contributed by atoms with Gasteiger partial charge < -0.3 is 19.9 Å². The molecule has 1 amide bonds. The van der Waals surface area contributed by atoms with Crippen LogP contribution in [-0.2, 0) is 4.74 Å². The number of methoxy groups -OCH3 is 1. The van der Waals surface area contributed by atoms with Crippen molar-refractivity contribution in [2.24, 2.45) is 0 Å². The lowest BCUT2D eigenvalue weighted by molar-refractivity contribution is 0.00737. The quantitative estimate of drug-likeness (QED) is 0.472. The van der Waals surface area contributed by atoms with Gasteiger partial charge in [0, 0.05) is 55.7 Å². The van der Waals surface area contributed by atoms with Crippen LogP contribution in [0.3, 0.4) is 0 Å². The molecule has 2 fully saturated rings. The lowest BCUT2D eigenvalue weighted by atomic mass is 9.89. The van der Waals surface area contributed by atoms with E-state index in [4.69, 9.17) is 9.72 Å². The van der Waals surface area contributed by atoms with E-state index in [0.717, 1.165) is 60.2 Å². The number of aromatic nitrogens is 5. The van der Waals surface area contributed by atoms with Gasteiger partial charge in [0.2, 0.25) is 0 Å². The first-order chi connectivity index (χ1) is 16.2. The number of nitrogens with one attached hydrogen (secondary N) is 2. The number of anilines is 1. The second-order valence-corrected chi connectivity index (χ2v) is 8.98. The standard InChI is InChI=1S/C24H27N7O2/c1-25-21-11-20(29-23-18(12-27-31(21)23)24(32)28-14-5-3-6-14)19-13-30(15-9-16(10-15)33-2)22-17(19)7-4-8-26-22/h4,7-8,11-16,25H,3,5-6,9-10H2,1-2H3,(H,28,32)/t15-,16+. The number of carbonyl (C=O) groups excluding carboxylic acids is 1. The van der Waals surface area contributed by atoms with Crippen molar-refractivity contribution in [3.8, 4) is 11.3 Å². The zero-order valence-electron chi connectivity index (χ0n) is 18.8. The fourth-order valence-corrected chi connectivity index (χ4v) is 4.78. The topological polar surface area (TPSA) is 98.4 Å². The van der Waals surface area contributed by atoms with Crippen LogP contribution in [0.25, 0.3) is 27.9 Å². The van der Waals surface area contributed by atoms with Gasteiger partial charge in [-0.2, -0.15) is 9.61 Å². The van der Waals surface area contributed by atoms with E-state index in [1.165, 1.54) is 0 Å². The summed E-state index contributed by atoms with van der Waals surface area (Å²) in [6.07, 6.45) is 11.0. The Kier molecular flexibility index (Phi) is 4.79. The smallest absolute Gasteiger partial charge is 0.256 e. The number of carbonyl (C=O) groups is 1. The molecule has 170 valence electrons. The molecule has 4 aromatic rings. The predicted octanol–water partition coefficient (Wildman–Crippen LogP) is 3.42. The summed E-state index contributed by atoms with van der Waals surface area (Å²) in [6, 6.07) is 6.60. The summed E-state index contributed by atoms with van der Waals surface area (Å²) >= 11 is 0. The maximum atomic E-state index is 12.9. The lowest BCUT2D eigenvalue weighted by Crippen LogP contribution is -2.39. The third-order valence-corrected chi connectivity index (χ3v) is 7.08. The lowest BCUT2D eigenvalue weighted by Gasteiger charge is -2.35. The molecule has 0 spiro atoms. The molecule has 6 rings (SSSR count). The molecule has 2 aliphatic carbocycles. The van der Waals surface area contributed by atoms with Crippen molar-refractivity contribution in [3.63, 3.8) is 0 Å². The Bertz CT molecular complexity index is 1350. The Morgan fingerprint density at radius 3 is 2.82 bits per heavy atom. The van der Waals surface area contributed by atoms with Gasteiger partial charge in [-0.05, 0) is 44.2 Å². The molecule has 0 saturated heterocycles. The van der Waals surface area contributed by atoms with Gasteiger partial charge in [-0.25, -0.2) is 9.97 Å². The Morgan fingerprint density at radius 2 is 2.09 bits per heavy atom. The minimum atomic E-state index is -0.120. The van der Waals surface area contributed by atoms with Gasteiger partial charge in [-0.1, -0.05) is 0 Å². The molecule has 4 aromatic heterocycles. The van der Waals surface area contributed by atoms with Crippen molar-refractivity contribution >= 4 is 28.4 Å². The van der Waals surface area contributed by atoms with Gasteiger partial charge in [-0.3, -0.25) is 4.79 Å². The maximum Gasteiger partial charge on any atom is 0.256 e. The first kappa shape index (κ1) is 20.2. The van der Waals surface area contributed by atoms with E-state index < -0.39 is 0 Å². The number of hydrogen-bond donors (Lipinski definition) is 2. The molecular weight excluding hydrogens is 418 g/mol. The van der Waals surface area contributed by atoms with Crippen LogP contribution in [0.15, 0.2) is 36.8 Å². The molecule has 33 heavy (non-hydrogen) atoms. The molecule has 4 heterocycles. The van der Waals surface area contributed by atoms with E-state index in [1.807, 2.05) is 25.4 Å². The Morgan fingerprint density at radius 1 is 1.24 bits per heavy atom. The van der Waals surface area contributed by atoms with E-state index in [-0.39, 0.29) is 11.9 Å². The average molecular weight is 446 g/mol. The van der Waals surface area contributed by atoms with E-state index in [0.29, 0.717) is 23.4 Å². The molecule has 9 nitrogen and oxygen atoms in total. The van der Waals surface area contributed by atoms with Crippen LogP contribution < -0.4 is 10.6 Å². The third kappa shape index (κ3) is 3.26. The van der Waals surface area contributed by atoms with Gasteiger partial charge in [0.25, 0.3) is 5.91 Å². The highest BCUT2D eigenvalue weighted by Crippen LogP contribution is 2.39. The first-order valence-corrected chi connectivity index (χ1v) is 11.5. The summed E-state index contributed by atoms with van der Waals surface area (Å²) in [5.41, 5.74) is 3.75. The summed E-state index contributed by atoms with van der Waals surface area (Å²) < 4.78 is 9.41. The van der Waals surface area contributed by atoms with E-state index >= 15 is 0 Å². The molecule has 0 aliphatic heterocycles. The molecule has 0 unspecified atom stereocenters. The summed E-state index contributed by atoms with van der Waals surface area (Å²) in [5.74, 6) is 0.649. The second-order valence-electron chi connectivity index (χ2n) is 8.98. The molecule has 0 aromatic carbocycles. The van der Waals surface area contributed by atoms with Crippen LogP contribution in [-0.4, -0.2) is 56.4 Å². The normalized spacial score (nSPS) is 20.5. The van der Waals surface area contributed by atoms with Crippen molar-refractivity contribution in [3.05, 3.63) is 42.4 Å². The molecule has 9 heteroatoms. The summed E-state index contributed by atoms with van der Waals surface area (Å²) in [5, 5.41) is 11.8. The van der Waals surface area contributed by atoms with Gasteiger partial charge >= 0.3 is 0 Å². The molecule has 2 N–H and O–H groups in total. The van der Waals surface area contributed by atoms with Crippen LogP contribution in [0.2, 0.25) is 0 Å². The Hall–Kier alpha value is -3.46. The minimum Gasteiger partial charge on any atom is -0.381 e. The molecule has 2 saturated carbocycles. The molecule has 0 radical (unpaired) electrons. The highest BCUT2D eigenvalue weighted by molar-refractivity contribution is 6.01. The summed E-state index contributed by atoms with van der Waals surface area (Å²) in [6.45, 7) is 0. The van der Waals surface area contributed by atoms with E-state index in [1.54, 1.807) is 17.8 Å². The fourth-order valence-electron chi connectivity index (χ4n) is 4.78.